The molecule has 0 saturated carbocycles. The number of anilines is 2. The zero-order chi connectivity index (χ0) is 18.0. The van der Waals surface area contributed by atoms with E-state index in [-0.39, 0.29) is 11.7 Å². The average Bonchev–Trinajstić information content (AvgIpc) is 2.98. The molecule has 1 atom stereocenters. The number of alkyl halides is 3. The third-order valence-corrected chi connectivity index (χ3v) is 4.13. The van der Waals surface area contributed by atoms with Crippen molar-refractivity contribution in [3.63, 3.8) is 0 Å². The molecule has 1 N–H and O–H groups in total. The van der Waals surface area contributed by atoms with Gasteiger partial charge in [-0.3, -0.25) is 4.79 Å². The minimum atomic E-state index is -4.73. The van der Waals surface area contributed by atoms with E-state index in [0.717, 1.165) is 18.7 Å². The summed E-state index contributed by atoms with van der Waals surface area (Å²) in [6.45, 7) is 2.56. The lowest BCUT2D eigenvalue weighted by atomic mass is 10.1. The Hall–Kier alpha value is -2.70. The Morgan fingerprint density at radius 1 is 1.16 bits per heavy atom. The van der Waals surface area contributed by atoms with Gasteiger partial charge in [-0.15, -0.1) is 13.2 Å². The maximum Gasteiger partial charge on any atom is 0.573 e. The Morgan fingerprint density at radius 2 is 1.84 bits per heavy atom. The van der Waals surface area contributed by atoms with Gasteiger partial charge in [0, 0.05) is 17.9 Å². The molecule has 0 saturated heterocycles. The smallest absolute Gasteiger partial charge is 0.406 e. The number of rotatable bonds is 4. The molecule has 7 heteroatoms. The van der Waals surface area contributed by atoms with Crippen LogP contribution >= 0.6 is 0 Å². The highest BCUT2D eigenvalue weighted by Gasteiger charge is 2.31. The molecular weight excluding hydrogens is 333 g/mol. The second kappa shape index (κ2) is 6.66. The van der Waals surface area contributed by atoms with Crippen molar-refractivity contribution in [2.75, 3.05) is 16.8 Å². The van der Waals surface area contributed by atoms with E-state index in [2.05, 4.69) is 10.1 Å². The van der Waals surface area contributed by atoms with Crippen LogP contribution in [0.15, 0.2) is 48.5 Å². The molecule has 1 aliphatic heterocycles. The van der Waals surface area contributed by atoms with Crippen LogP contribution in [0.3, 0.4) is 0 Å². The molecule has 132 valence electrons. The molecular formula is C18H17F3N2O2. The molecule has 4 nitrogen and oxygen atoms in total. The molecule has 2 aromatic carbocycles. The quantitative estimate of drug-likeness (QED) is 0.907. The third kappa shape index (κ3) is 4.04. The average molecular weight is 350 g/mol. The summed E-state index contributed by atoms with van der Waals surface area (Å²) in [7, 11) is 0. The van der Waals surface area contributed by atoms with Gasteiger partial charge >= 0.3 is 6.36 Å². The second-order valence-electron chi connectivity index (χ2n) is 5.81. The minimum absolute atomic E-state index is 0.221. The molecule has 1 aliphatic rings. The first kappa shape index (κ1) is 17.1. The van der Waals surface area contributed by atoms with Gasteiger partial charge in [0.2, 0.25) is 5.91 Å². The van der Waals surface area contributed by atoms with Gasteiger partial charge in [-0.25, -0.2) is 0 Å². The van der Waals surface area contributed by atoms with Gasteiger partial charge in [-0.1, -0.05) is 18.2 Å². The lowest BCUT2D eigenvalue weighted by Crippen LogP contribution is -2.41. The molecule has 1 heterocycles. The van der Waals surface area contributed by atoms with Crippen LogP contribution in [0.4, 0.5) is 24.5 Å². The van der Waals surface area contributed by atoms with Crippen LogP contribution in [-0.2, 0) is 11.2 Å². The fraction of sp³-hybridized carbons (Fsp3) is 0.278. The first-order valence-electron chi connectivity index (χ1n) is 7.85. The standard InChI is InChI=1S/C18H17F3N2O2/c1-12(23-11-10-13-4-2-3-5-16(13)23)17(24)22-14-6-8-15(9-7-14)25-18(19,20)21/h2-9,12H,10-11H2,1H3,(H,22,24). The number of hydrogen-bond acceptors (Lipinski definition) is 3. The molecule has 0 aliphatic carbocycles. The van der Waals surface area contributed by atoms with Crippen molar-refractivity contribution in [3.8, 4) is 5.75 Å². The molecule has 0 spiro atoms. The Morgan fingerprint density at radius 3 is 2.52 bits per heavy atom. The lowest BCUT2D eigenvalue weighted by Gasteiger charge is -2.26. The lowest BCUT2D eigenvalue weighted by molar-refractivity contribution is -0.274. The molecule has 25 heavy (non-hydrogen) atoms. The van der Waals surface area contributed by atoms with E-state index in [1.165, 1.54) is 29.8 Å². The van der Waals surface area contributed by atoms with Crippen LogP contribution in [0.25, 0.3) is 0 Å². The fourth-order valence-corrected chi connectivity index (χ4v) is 2.89. The van der Waals surface area contributed by atoms with Gasteiger partial charge in [0.05, 0.1) is 0 Å². The second-order valence-corrected chi connectivity index (χ2v) is 5.81. The van der Waals surface area contributed by atoms with Gasteiger partial charge < -0.3 is 15.0 Å². The third-order valence-electron chi connectivity index (χ3n) is 4.13. The molecule has 0 radical (unpaired) electrons. The normalized spacial score (nSPS) is 14.8. The van der Waals surface area contributed by atoms with Crippen LogP contribution < -0.4 is 15.0 Å². The van der Waals surface area contributed by atoms with Crippen LogP contribution in [0.1, 0.15) is 12.5 Å². The van der Waals surface area contributed by atoms with Crippen molar-refractivity contribution in [1.82, 2.24) is 0 Å². The Bertz CT molecular complexity index is 760. The fourth-order valence-electron chi connectivity index (χ4n) is 2.89. The Balaban J connectivity index is 1.64. The minimum Gasteiger partial charge on any atom is -0.406 e. The molecule has 2 aromatic rings. The largest absolute Gasteiger partial charge is 0.573 e. The monoisotopic (exact) mass is 350 g/mol. The van der Waals surface area contributed by atoms with E-state index in [1.807, 2.05) is 29.2 Å². The number of fused-ring (bicyclic) bond motifs is 1. The number of amides is 1. The van der Waals surface area contributed by atoms with Crippen LogP contribution in [0.5, 0.6) is 5.75 Å². The SMILES string of the molecule is CC(C(=O)Nc1ccc(OC(F)(F)F)cc1)N1CCc2ccccc21. The zero-order valence-electron chi connectivity index (χ0n) is 13.5. The molecule has 0 fully saturated rings. The predicted molar refractivity (Wildman–Crippen MR) is 88.7 cm³/mol. The molecule has 1 unspecified atom stereocenters. The van der Waals surface area contributed by atoms with Gasteiger partial charge in [0.1, 0.15) is 11.8 Å². The van der Waals surface area contributed by atoms with Crippen molar-refractivity contribution < 1.29 is 22.7 Å². The number of hydrogen-bond donors (Lipinski definition) is 1. The summed E-state index contributed by atoms with van der Waals surface area (Å²) >= 11 is 0. The Kier molecular flexibility index (Phi) is 4.57. The van der Waals surface area contributed by atoms with E-state index < -0.39 is 12.4 Å². The number of ether oxygens (including phenoxy) is 1. The first-order chi connectivity index (χ1) is 11.8. The van der Waals surface area contributed by atoms with E-state index >= 15 is 0 Å². The van der Waals surface area contributed by atoms with Crippen molar-refractivity contribution in [2.24, 2.45) is 0 Å². The van der Waals surface area contributed by atoms with Gasteiger partial charge in [-0.2, -0.15) is 0 Å². The topological polar surface area (TPSA) is 41.6 Å². The van der Waals surface area contributed by atoms with E-state index in [9.17, 15) is 18.0 Å². The summed E-state index contributed by atoms with van der Waals surface area (Å²) in [4.78, 5) is 14.5. The number of nitrogens with one attached hydrogen (secondary N) is 1. The number of carbonyl (C=O) groups excluding carboxylic acids is 1. The molecule has 0 aromatic heterocycles. The van der Waals surface area contributed by atoms with Gasteiger partial charge in [0.15, 0.2) is 0 Å². The summed E-state index contributed by atoms with van der Waals surface area (Å²) in [5.74, 6) is -0.548. The Labute approximate surface area is 143 Å². The number of carbonyl (C=O) groups is 1. The maximum absolute atomic E-state index is 12.5. The molecule has 3 rings (SSSR count). The number of para-hydroxylation sites is 1. The highest BCUT2D eigenvalue weighted by molar-refractivity contribution is 5.97. The van der Waals surface area contributed by atoms with E-state index in [1.54, 1.807) is 6.92 Å². The summed E-state index contributed by atoms with van der Waals surface area (Å²) in [6.07, 6.45) is -3.85. The summed E-state index contributed by atoms with van der Waals surface area (Å²) in [6, 6.07) is 12.6. The summed E-state index contributed by atoms with van der Waals surface area (Å²) in [5.41, 5.74) is 2.66. The molecule has 0 bridgehead atoms. The van der Waals surface area contributed by atoms with Crippen molar-refractivity contribution >= 4 is 17.3 Å². The highest BCUT2D eigenvalue weighted by atomic mass is 19.4. The van der Waals surface area contributed by atoms with Crippen molar-refractivity contribution in [2.45, 2.75) is 25.7 Å². The number of benzene rings is 2. The van der Waals surface area contributed by atoms with Crippen LogP contribution in [-0.4, -0.2) is 24.9 Å². The van der Waals surface area contributed by atoms with E-state index in [0.29, 0.717) is 5.69 Å². The van der Waals surface area contributed by atoms with Crippen LogP contribution in [0, 0.1) is 0 Å². The van der Waals surface area contributed by atoms with E-state index in [4.69, 9.17) is 0 Å². The first-order valence-corrected chi connectivity index (χ1v) is 7.85. The van der Waals surface area contributed by atoms with Gasteiger partial charge in [-0.05, 0) is 49.2 Å². The van der Waals surface area contributed by atoms with Crippen molar-refractivity contribution in [3.05, 3.63) is 54.1 Å². The van der Waals surface area contributed by atoms with Crippen molar-refractivity contribution in [1.29, 1.82) is 0 Å². The van der Waals surface area contributed by atoms with Crippen LogP contribution in [0.2, 0.25) is 0 Å². The summed E-state index contributed by atoms with van der Waals surface area (Å²) < 4.78 is 40.3. The maximum atomic E-state index is 12.5. The summed E-state index contributed by atoms with van der Waals surface area (Å²) in [5, 5.41) is 2.72. The number of halogens is 3. The predicted octanol–water partition coefficient (Wildman–Crippen LogP) is 3.97. The van der Waals surface area contributed by atoms with Gasteiger partial charge in [0.25, 0.3) is 0 Å². The zero-order valence-corrected chi connectivity index (χ0v) is 13.5. The number of nitrogens with zero attached hydrogens (tertiary/aromatic N) is 1. The highest BCUT2D eigenvalue weighted by Crippen LogP contribution is 2.29. The molecule has 1 amide bonds.